The topological polar surface area (TPSA) is 72.4 Å². The number of benzene rings is 2. The molecule has 150 valence electrons. The summed E-state index contributed by atoms with van der Waals surface area (Å²) in [6.07, 6.45) is 10.0. The molecule has 0 aromatic heterocycles. The standard InChI is InChI=1S/C23H29NO3S/c1-2-3-4-5-6-9-18-28(27)22-11-8-7-10-21(22)24-23(26)17-14-19-12-15-20(25)16-13-19/h7-8,10-17,25H,2-6,9,18H2,1H3,(H,24,26)/b17-14+. The number of aromatic hydroxyl groups is 1. The number of carbonyl (C=O) groups excluding carboxylic acids is 1. The van der Waals surface area contributed by atoms with Crippen LogP contribution < -0.4 is 5.32 Å². The van der Waals surface area contributed by atoms with Crippen molar-refractivity contribution in [1.29, 1.82) is 0 Å². The third-order valence-corrected chi connectivity index (χ3v) is 5.90. The van der Waals surface area contributed by atoms with Crippen molar-refractivity contribution in [2.75, 3.05) is 11.1 Å². The number of phenolic OH excluding ortho intramolecular Hbond substituents is 1. The highest BCUT2D eigenvalue weighted by Crippen LogP contribution is 2.23. The van der Waals surface area contributed by atoms with Crippen molar-refractivity contribution in [2.24, 2.45) is 0 Å². The SMILES string of the molecule is CCCCCCCC[S+]([O-])c1ccccc1NC(=O)/C=C/c1ccc(O)cc1. The number of anilines is 1. The minimum atomic E-state index is -1.13. The Morgan fingerprint density at radius 3 is 2.46 bits per heavy atom. The highest BCUT2D eigenvalue weighted by Gasteiger charge is 2.16. The van der Waals surface area contributed by atoms with Crippen molar-refractivity contribution in [2.45, 2.75) is 50.3 Å². The second-order valence-electron chi connectivity index (χ2n) is 6.73. The van der Waals surface area contributed by atoms with Gasteiger partial charge in [0.1, 0.15) is 11.5 Å². The van der Waals surface area contributed by atoms with Crippen LogP contribution in [0.5, 0.6) is 5.75 Å². The van der Waals surface area contributed by atoms with Gasteiger partial charge in [0.2, 0.25) is 5.91 Å². The van der Waals surface area contributed by atoms with Crippen molar-refractivity contribution in [3.63, 3.8) is 0 Å². The first kappa shape index (κ1) is 22.1. The molecule has 0 aliphatic rings. The quantitative estimate of drug-likeness (QED) is 0.297. The third kappa shape index (κ3) is 7.79. The zero-order valence-electron chi connectivity index (χ0n) is 16.4. The van der Waals surface area contributed by atoms with E-state index in [1.54, 1.807) is 36.4 Å². The molecule has 1 amide bonds. The smallest absolute Gasteiger partial charge is 0.248 e. The molecule has 2 aromatic rings. The van der Waals surface area contributed by atoms with Crippen LogP contribution in [0, 0.1) is 0 Å². The van der Waals surface area contributed by atoms with E-state index in [1.807, 2.05) is 18.2 Å². The Hall–Kier alpha value is -2.24. The number of para-hydroxylation sites is 1. The molecule has 0 aliphatic heterocycles. The molecular formula is C23H29NO3S. The summed E-state index contributed by atoms with van der Waals surface area (Å²) in [5, 5.41) is 12.1. The summed E-state index contributed by atoms with van der Waals surface area (Å²) in [7, 11) is 0. The van der Waals surface area contributed by atoms with E-state index < -0.39 is 11.2 Å². The van der Waals surface area contributed by atoms with Crippen LogP contribution in [-0.2, 0) is 16.0 Å². The molecule has 28 heavy (non-hydrogen) atoms. The van der Waals surface area contributed by atoms with Gasteiger partial charge in [-0.05, 0) is 59.9 Å². The predicted molar refractivity (Wildman–Crippen MR) is 117 cm³/mol. The van der Waals surface area contributed by atoms with Crippen molar-refractivity contribution in [3.8, 4) is 5.75 Å². The van der Waals surface area contributed by atoms with Gasteiger partial charge < -0.3 is 15.0 Å². The van der Waals surface area contributed by atoms with Crippen molar-refractivity contribution in [3.05, 3.63) is 60.2 Å². The minimum absolute atomic E-state index is 0.184. The second-order valence-corrected chi connectivity index (χ2v) is 8.27. The number of phenols is 1. The Morgan fingerprint density at radius 1 is 1.04 bits per heavy atom. The molecule has 0 spiro atoms. The molecule has 5 heteroatoms. The van der Waals surface area contributed by atoms with Crippen molar-refractivity contribution >= 4 is 28.8 Å². The number of unbranched alkanes of at least 4 members (excludes halogenated alkanes) is 5. The van der Waals surface area contributed by atoms with Crippen LogP contribution in [0.1, 0.15) is 51.0 Å². The maximum atomic E-state index is 12.7. The summed E-state index contributed by atoms with van der Waals surface area (Å²) in [4.78, 5) is 12.9. The lowest BCUT2D eigenvalue weighted by Crippen LogP contribution is -2.14. The largest absolute Gasteiger partial charge is 0.611 e. The molecule has 0 aliphatic carbocycles. The van der Waals surface area contributed by atoms with E-state index in [0.29, 0.717) is 16.3 Å². The van der Waals surface area contributed by atoms with E-state index in [9.17, 15) is 14.5 Å². The van der Waals surface area contributed by atoms with Gasteiger partial charge in [-0.3, -0.25) is 4.79 Å². The molecule has 0 bridgehead atoms. The molecule has 2 N–H and O–H groups in total. The zero-order chi connectivity index (χ0) is 20.2. The van der Waals surface area contributed by atoms with Gasteiger partial charge >= 0.3 is 0 Å². The first-order valence-corrected chi connectivity index (χ1v) is 11.2. The van der Waals surface area contributed by atoms with Crippen LogP contribution in [-0.4, -0.2) is 21.3 Å². The second kappa shape index (κ2) is 12.3. The highest BCUT2D eigenvalue weighted by atomic mass is 32.2. The summed E-state index contributed by atoms with van der Waals surface area (Å²) in [6.45, 7) is 2.19. The molecule has 0 fully saturated rings. The Kier molecular flexibility index (Phi) is 9.66. The van der Waals surface area contributed by atoms with Crippen LogP contribution in [0.15, 0.2) is 59.5 Å². The lowest BCUT2D eigenvalue weighted by atomic mass is 10.1. The fraction of sp³-hybridized carbons (Fsp3) is 0.348. The first-order chi connectivity index (χ1) is 13.6. The first-order valence-electron chi connectivity index (χ1n) is 9.85. The molecule has 4 nitrogen and oxygen atoms in total. The highest BCUT2D eigenvalue weighted by molar-refractivity contribution is 7.91. The average molecular weight is 400 g/mol. The number of nitrogens with one attached hydrogen (secondary N) is 1. The van der Waals surface area contributed by atoms with Gasteiger partial charge in [-0.15, -0.1) is 0 Å². The number of carbonyl (C=O) groups is 1. The van der Waals surface area contributed by atoms with E-state index in [1.165, 1.54) is 31.8 Å². The summed E-state index contributed by atoms with van der Waals surface area (Å²) < 4.78 is 12.7. The molecule has 1 atom stereocenters. The van der Waals surface area contributed by atoms with Crippen molar-refractivity contribution in [1.82, 2.24) is 0 Å². The molecular weight excluding hydrogens is 370 g/mol. The van der Waals surface area contributed by atoms with Crippen LogP contribution in [0.2, 0.25) is 0 Å². The van der Waals surface area contributed by atoms with E-state index in [0.717, 1.165) is 18.4 Å². The number of amides is 1. The van der Waals surface area contributed by atoms with Crippen LogP contribution in [0.4, 0.5) is 5.69 Å². The molecule has 2 rings (SSSR count). The zero-order valence-corrected chi connectivity index (χ0v) is 17.2. The molecule has 0 saturated heterocycles. The van der Waals surface area contributed by atoms with Gasteiger partial charge in [-0.25, -0.2) is 0 Å². The fourth-order valence-corrected chi connectivity index (χ4v) is 4.10. The Bertz CT molecular complexity index is 759. The summed E-state index contributed by atoms with van der Waals surface area (Å²) in [5.41, 5.74) is 1.40. The molecule has 2 aromatic carbocycles. The van der Waals surface area contributed by atoms with E-state index in [-0.39, 0.29) is 11.7 Å². The normalized spacial score (nSPS) is 12.2. The van der Waals surface area contributed by atoms with Crippen molar-refractivity contribution < 1.29 is 14.5 Å². The van der Waals surface area contributed by atoms with Gasteiger partial charge in [-0.2, -0.15) is 0 Å². The molecule has 0 radical (unpaired) electrons. The van der Waals surface area contributed by atoms with Gasteiger partial charge in [0.25, 0.3) is 0 Å². The molecule has 1 unspecified atom stereocenters. The van der Waals surface area contributed by atoms with Gasteiger partial charge in [-0.1, -0.05) is 56.9 Å². The van der Waals surface area contributed by atoms with Gasteiger partial charge in [0, 0.05) is 6.08 Å². The van der Waals surface area contributed by atoms with E-state index >= 15 is 0 Å². The Balaban J connectivity index is 1.89. The summed E-state index contributed by atoms with van der Waals surface area (Å²) >= 11 is -1.13. The predicted octanol–water partition coefficient (Wildman–Crippen LogP) is 5.51. The van der Waals surface area contributed by atoms with Gasteiger partial charge in [0.05, 0.1) is 5.69 Å². The lowest BCUT2D eigenvalue weighted by molar-refractivity contribution is -0.111. The Morgan fingerprint density at radius 2 is 1.71 bits per heavy atom. The maximum absolute atomic E-state index is 12.7. The fourth-order valence-electron chi connectivity index (χ4n) is 2.82. The minimum Gasteiger partial charge on any atom is -0.611 e. The maximum Gasteiger partial charge on any atom is 0.248 e. The average Bonchev–Trinajstić information content (AvgIpc) is 2.70. The van der Waals surface area contributed by atoms with Crippen LogP contribution in [0.25, 0.3) is 6.08 Å². The van der Waals surface area contributed by atoms with Crippen LogP contribution >= 0.6 is 0 Å². The number of hydrogen-bond donors (Lipinski definition) is 2. The lowest BCUT2D eigenvalue weighted by Gasteiger charge is -2.14. The summed E-state index contributed by atoms with van der Waals surface area (Å²) in [6, 6.07) is 13.8. The summed E-state index contributed by atoms with van der Waals surface area (Å²) in [5.74, 6) is 0.517. The number of rotatable bonds is 11. The molecule has 0 heterocycles. The number of hydrogen-bond acceptors (Lipinski definition) is 3. The van der Waals surface area contributed by atoms with Crippen LogP contribution in [0.3, 0.4) is 0 Å². The van der Waals surface area contributed by atoms with Gasteiger partial charge in [0.15, 0.2) is 4.90 Å². The Labute approximate surface area is 170 Å². The monoisotopic (exact) mass is 399 g/mol. The molecule has 0 saturated carbocycles. The van der Waals surface area contributed by atoms with E-state index in [4.69, 9.17) is 0 Å². The van der Waals surface area contributed by atoms with E-state index in [2.05, 4.69) is 12.2 Å². The third-order valence-electron chi connectivity index (χ3n) is 4.39.